The summed E-state index contributed by atoms with van der Waals surface area (Å²) in [6.07, 6.45) is 2.49. The summed E-state index contributed by atoms with van der Waals surface area (Å²) < 4.78 is 44.6. The molecule has 2 fully saturated rings. The van der Waals surface area contributed by atoms with Crippen LogP contribution in [0.3, 0.4) is 0 Å². The van der Waals surface area contributed by atoms with Crippen LogP contribution in [0.1, 0.15) is 38.5 Å². The number of urea groups is 1. The SMILES string of the molecule is O=C(Nc1cnc(Oc2ccc(-c3cnc(N4CCCC4=O)s3)cc2)nc1)NC1CCCC(C(F)(F)F)C1. The van der Waals surface area contributed by atoms with E-state index in [-0.39, 0.29) is 30.4 Å². The molecule has 9 nitrogen and oxygen atoms in total. The first kappa shape index (κ1) is 25.9. The second-order valence-corrected chi connectivity index (χ2v) is 10.2. The number of amides is 3. The molecule has 5 rings (SSSR count). The smallest absolute Gasteiger partial charge is 0.391 e. The summed E-state index contributed by atoms with van der Waals surface area (Å²) in [5.41, 5.74) is 1.21. The second-order valence-electron chi connectivity index (χ2n) is 9.24. The quantitative estimate of drug-likeness (QED) is 0.407. The third-order valence-corrected chi connectivity index (χ3v) is 7.57. The number of hydrogen-bond donors (Lipinski definition) is 2. The molecular weight excluding hydrogens is 521 g/mol. The van der Waals surface area contributed by atoms with Crippen LogP contribution in [0.5, 0.6) is 11.8 Å². The second kappa shape index (κ2) is 10.9. The van der Waals surface area contributed by atoms with Gasteiger partial charge in [0, 0.05) is 25.2 Å². The fourth-order valence-corrected chi connectivity index (χ4v) is 5.54. The summed E-state index contributed by atoms with van der Waals surface area (Å²) in [5, 5.41) is 5.84. The molecule has 1 aliphatic heterocycles. The van der Waals surface area contributed by atoms with E-state index >= 15 is 0 Å². The van der Waals surface area contributed by atoms with E-state index in [9.17, 15) is 22.8 Å². The van der Waals surface area contributed by atoms with Gasteiger partial charge in [0.05, 0.1) is 28.9 Å². The summed E-state index contributed by atoms with van der Waals surface area (Å²) >= 11 is 1.45. The molecule has 13 heteroatoms. The maximum absolute atomic E-state index is 13.0. The molecule has 2 atom stereocenters. The Bertz CT molecular complexity index is 1280. The summed E-state index contributed by atoms with van der Waals surface area (Å²) in [7, 11) is 0. The van der Waals surface area contributed by atoms with Gasteiger partial charge in [-0.15, -0.1) is 0 Å². The summed E-state index contributed by atoms with van der Waals surface area (Å²) in [6.45, 7) is 0.695. The van der Waals surface area contributed by atoms with Gasteiger partial charge in [0.25, 0.3) is 0 Å². The van der Waals surface area contributed by atoms with E-state index in [1.807, 2.05) is 12.1 Å². The van der Waals surface area contributed by atoms with Gasteiger partial charge < -0.3 is 15.4 Å². The standard InChI is InChI=1S/C25H25F3N6O3S/c26-25(27,28)16-3-1-4-17(11-16)32-22(36)33-18-12-29-23(30-13-18)37-19-8-6-15(7-9-19)20-14-31-24(38-20)34-10-2-5-21(34)35/h6-9,12-14,16-17H,1-5,10-11H2,(H2,32,33,36). The summed E-state index contributed by atoms with van der Waals surface area (Å²) in [6, 6.07) is 6.18. The van der Waals surface area contributed by atoms with Crippen molar-refractivity contribution in [2.45, 2.75) is 50.7 Å². The number of alkyl halides is 3. The molecule has 200 valence electrons. The topological polar surface area (TPSA) is 109 Å². The lowest BCUT2D eigenvalue weighted by Gasteiger charge is -2.30. The van der Waals surface area contributed by atoms with Crippen molar-refractivity contribution in [2.24, 2.45) is 5.92 Å². The van der Waals surface area contributed by atoms with Gasteiger partial charge in [-0.2, -0.15) is 13.2 Å². The van der Waals surface area contributed by atoms with Crippen LogP contribution in [0.2, 0.25) is 0 Å². The maximum Gasteiger partial charge on any atom is 0.391 e. The number of nitrogens with one attached hydrogen (secondary N) is 2. The number of nitrogens with zero attached hydrogens (tertiary/aromatic N) is 4. The zero-order chi connectivity index (χ0) is 26.7. The summed E-state index contributed by atoms with van der Waals surface area (Å²) in [5.74, 6) is -0.793. The van der Waals surface area contributed by atoms with E-state index in [4.69, 9.17) is 4.74 Å². The molecule has 38 heavy (non-hydrogen) atoms. The number of carbonyl (C=O) groups is 2. The van der Waals surface area contributed by atoms with Gasteiger partial charge in [0.1, 0.15) is 5.75 Å². The average Bonchev–Trinajstić information content (AvgIpc) is 3.54. The number of rotatable bonds is 6. The molecule has 3 amide bonds. The molecular formula is C25H25F3N6O3S. The Morgan fingerprint density at radius 3 is 2.50 bits per heavy atom. The molecule has 1 aliphatic carbocycles. The third-order valence-electron chi connectivity index (χ3n) is 6.50. The van der Waals surface area contributed by atoms with Gasteiger partial charge in [-0.05, 0) is 55.5 Å². The number of anilines is 2. The lowest BCUT2D eigenvalue weighted by molar-refractivity contribution is -0.183. The van der Waals surface area contributed by atoms with Crippen molar-refractivity contribution < 1.29 is 27.5 Å². The van der Waals surface area contributed by atoms with E-state index in [0.29, 0.717) is 36.7 Å². The van der Waals surface area contributed by atoms with Crippen molar-refractivity contribution in [1.29, 1.82) is 0 Å². The molecule has 0 radical (unpaired) electrons. The highest BCUT2D eigenvalue weighted by Gasteiger charge is 2.42. The highest BCUT2D eigenvalue weighted by Crippen LogP contribution is 2.37. The molecule has 1 saturated heterocycles. The van der Waals surface area contributed by atoms with Gasteiger partial charge in [-0.1, -0.05) is 17.8 Å². The number of aromatic nitrogens is 3. The molecule has 3 aromatic rings. The molecule has 2 N–H and O–H groups in total. The first-order chi connectivity index (χ1) is 18.2. The van der Waals surface area contributed by atoms with Crippen molar-refractivity contribution in [3.05, 3.63) is 42.9 Å². The number of carbonyl (C=O) groups excluding carboxylic acids is 2. The Balaban J connectivity index is 1.13. The molecule has 0 bridgehead atoms. The van der Waals surface area contributed by atoms with Gasteiger partial charge in [0.2, 0.25) is 5.91 Å². The van der Waals surface area contributed by atoms with Crippen molar-refractivity contribution in [1.82, 2.24) is 20.3 Å². The predicted molar refractivity (Wildman–Crippen MR) is 135 cm³/mol. The fourth-order valence-electron chi connectivity index (χ4n) is 4.57. The number of thiazole rings is 1. The molecule has 2 unspecified atom stereocenters. The lowest BCUT2D eigenvalue weighted by Crippen LogP contribution is -2.43. The van der Waals surface area contributed by atoms with Gasteiger partial charge >= 0.3 is 18.2 Å². The van der Waals surface area contributed by atoms with Crippen LogP contribution in [0.25, 0.3) is 10.4 Å². The Labute approximate surface area is 220 Å². The largest absolute Gasteiger partial charge is 0.424 e. The molecule has 0 spiro atoms. The minimum absolute atomic E-state index is 0.0663. The van der Waals surface area contributed by atoms with Crippen LogP contribution in [-0.4, -0.2) is 45.7 Å². The number of ether oxygens (including phenoxy) is 1. The lowest BCUT2D eigenvalue weighted by atomic mass is 9.85. The van der Waals surface area contributed by atoms with Crippen LogP contribution in [0.15, 0.2) is 42.9 Å². The predicted octanol–water partition coefficient (Wildman–Crippen LogP) is 5.76. The van der Waals surface area contributed by atoms with Gasteiger partial charge in [0.15, 0.2) is 5.13 Å². The van der Waals surface area contributed by atoms with Crippen molar-refractivity contribution in [2.75, 3.05) is 16.8 Å². The zero-order valence-electron chi connectivity index (χ0n) is 20.2. The third kappa shape index (κ3) is 6.21. The number of hydrogen-bond acceptors (Lipinski definition) is 7. The fraction of sp³-hybridized carbons (Fsp3) is 0.400. The van der Waals surface area contributed by atoms with E-state index in [0.717, 1.165) is 16.9 Å². The highest BCUT2D eigenvalue weighted by atomic mass is 32.1. The minimum atomic E-state index is -4.25. The Kier molecular flexibility index (Phi) is 7.45. The van der Waals surface area contributed by atoms with Crippen molar-refractivity contribution in [3.63, 3.8) is 0 Å². The normalized spacial score (nSPS) is 19.9. The number of benzene rings is 1. The average molecular weight is 547 g/mol. The Morgan fingerprint density at radius 1 is 1.05 bits per heavy atom. The van der Waals surface area contributed by atoms with Crippen LogP contribution in [0, 0.1) is 5.92 Å². The minimum Gasteiger partial charge on any atom is -0.424 e. The van der Waals surface area contributed by atoms with Crippen LogP contribution < -0.4 is 20.3 Å². The molecule has 1 saturated carbocycles. The first-order valence-corrected chi connectivity index (χ1v) is 13.1. The monoisotopic (exact) mass is 546 g/mol. The van der Waals surface area contributed by atoms with E-state index in [2.05, 4.69) is 25.6 Å². The molecule has 2 aromatic heterocycles. The maximum atomic E-state index is 13.0. The van der Waals surface area contributed by atoms with Crippen LogP contribution in [0.4, 0.5) is 28.8 Å². The molecule has 2 aliphatic rings. The van der Waals surface area contributed by atoms with Crippen molar-refractivity contribution >= 4 is 34.1 Å². The molecule has 1 aromatic carbocycles. The zero-order valence-corrected chi connectivity index (χ0v) is 21.0. The van der Waals surface area contributed by atoms with E-state index < -0.39 is 24.2 Å². The van der Waals surface area contributed by atoms with E-state index in [1.54, 1.807) is 23.2 Å². The number of halogens is 3. The Morgan fingerprint density at radius 2 is 1.82 bits per heavy atom. The van der Waals surface area contributed by atoms with Gasteiger partial charge in [-0.3, -0.25) is 9.69 Å². The van der Waals surface area contributed by atoms with Gasteiger partial charge in [-0.25, -0.2) is 19.7 Å². The highest BCUT2D eigenvalue weighted by molar-refractivity contribution is 7.19. The summed E-state index contributed by atoms with van der Waals surface area (Å²) in [4.78, 5) is 39.4. The Hall–Kier alpha value is -3.74. The van der Waals surface area contributed by atoms with Crippen LogP contribution in [-0.2, 0) is 4.79 Å². The first-order valence-electron chi connectivity index (χ1n) is 12.3. The molecule has 3 heterocycles. The van der Waals surface area contributed by atoms with Crippen LogP contribution >= 0.6 is 11.3 Å². The van der Waals surface area contributed by atoms with E-state index in [1.165, 1.54) is 23.7 Å². The van der Waals surface area contributed by atoms with Crippen molar-refractivity contribution in [3.8, 4) is 22.2 Å².